The molecule has 1 heterocycles. The van der Waals surface area contributed by atoms with Crippen LogP contribution in [0.5, 0.6) is 5.75 Å². The van der Waals surface area contributed by atoms with Gasteiger partial charge in [0.1, 0.15) is 22.9 Å². The zero-order valence-corrected chi connectivity index (χ0v) is 12.5. The Kier molecular flexibility index (Phi) is 3.55. The Balaban J connectivity index is 2.35. The van der Waals surface area contributed by atoms with Gasteiger partial charge in [-0.25, -0.2) is 9.37 Å². The van der Waals surface area contributed by atoms with Crippen molar-refractivity contribution in [3.8, 4) is 11.4 Å². The molecule has 3 aromatic rings. The molecule has 21 heavy (non-hydrogen) atoms. The maximum Gasteiger partial charge on any atom is 0.147 e. The Hall–Kier alpha value is -2.07. The predicted molar refractivity (Wildman–Crippen MR) is 81.9 cm³/mol. The average molecular weight is 305 g/mol. The van der Waals surface area contributed by atoms with E-state index in [1.54, 1.807) is 17.7 Å². The molecule has 0 N–H and O–H groups in total. The maximum absolute atomic E-state index is 14.3. The van der Waals surface area contributed by atoms with E-state index in [-0.39, 0.29) is 11.7 Å². The molecule has 0 atom stereocenters. The lowest BCUT2D eigenvalue weighted by Crippen LogP contribution is -2.02. The highest BCUT2D eigenvalue weighted by molar-refractivity contribution is 6.17. The number of aryl methyl sites for hydroxylation is 1. The van der Waals surface area contributed by atoms with Crippen molar-refractivity contribution in [2.45, 2.75) is 12.8 Å². The van der Waals surface area contributed by atoms with Gasteiger partial charge < -0.3 is 4.74 Å². The van der Waals surface area contributed by atoms with E-state index in [1.165, 1.54) is 6.07 Å². The van der Waals surface area contributed by atoms with Gasteiger partial charge in [-0.3, -0.25) is 4.57 Å². The van der Waals surface area contributed by atoms with E-state index in [9.17, 15) is 4.39 Å². The topological polar surface area (TPSA) is 27.1 Å². The molecule has 0 unspecified atom stereocenters. The van der Waals surface area contributed by atoms with Crippen molar-refractivity contribution in [3.05, 3.63) is 53.6 Å². The third-order valence-corrected chi connectivity index (χ3v) is 3.64. The molecule has 0 saturated heterocycles. The van der Waals surface area contributed by atoms with Crippen LogP contribution in [0.1, 0.15) is 11.4 Å². The molecule has 5 heteroatoms. The first-order valence-electron chi connectivity index (χ1n) is 6.52. The molecule has 0 aliphatic carbocycles. The summed E-state index contributed by atoms with van der Waals surface area (Å²) in [6, 6.07) is 10.6. The average Bonchev–Trinajstić information content (AvgIpc) is 2.85. The molecule has 3 rings (SSSR count). The standard InChI is InChI=1S/C16H14ClFN2O/c1-10-6-7-12(11(18)8-10)20-13-4-3-5-14(21-2)16(13)19-15(20)9-17/h3-8H,9H2,1-2H3. The number of imidazole rings is 1. The molecular formula is C16H14ClFN2O. The predicted octanol–water partition coefficient (Wildman–Crippen LogP) is 4.22. The number of hydrogen-bond donors (Lipinski definition) is 0. The largest absolute Gasteiger partial charge is 0.494 e. The molecule has 2 aromatic carbocycles. The lowest BCUT2D eigenvalue weighted by atomic mass is 10.2. The smallest absolute Gasteiger partial charge is 0.147 e. The molecule has 108 valence electrons. The zero-order chi connectivity index (χ0) is 15.0. The molecule has 1 aromatic heterocycles. The normalized spacial score (nSPS) is 11.0. The van der Waals surface area contributed by atoms with Crippen LogP contribution in [0.25, 0.3) is 16.7 Å². The number of methoxy groups -OCH3 is 1. The van der Waals surface area contributed by atoms with Gasteiger partial charge in [-0.15, -0.1) is 11.6 Å². The summed E-state index contributed by atoms with van der Waals surface area (Å²) in [5.41, 5.74) is 2.75. The fraction of sp³-hybridized carbons (Fsp3) is 0.188. The van der Waals surface area contributed by atoms with E-state index in [1.807, 2.05) is 31.2 Å². The highest BCUT2D eigenvalue weighted by Crippen LogP contribution is 2.30. The highest BCUT2D eigenvalue weighted by atomic mass is 35.5. The number of para-hydroxylation sites is 1. The Morgan fingerprint density at radius 1 is 1.29 bits per heavy atom. The first-order valence-corrected chi connectivity index (χ1v) is 7.06. The van der Waals surface area contributed by atoms with E-state index >= 15 is 0 Å². The fourth-order valence-electron chi connectivity index (χ4n) is 2.44. The summed E-state index contributed by atoms with van der Waals surface area (Å²) in [6.07, 6.45) is 0. The molecule has 0 fully saturated rings. The number of benzene rings is 2. The summed E-state index contributed by atoms with van der Waals surface area (Å²) < 4.78 is 21.4. The van der Waals surface area contributed by atoms with Crippen molar-refractivity contribution in [2.75, 3.05) is 7.11 Å². The maximum atomic E-state index is 14.3. The van der Waals surface area contributed by atoms with Crippen LogP contribution in [-0.4, -0.2) is 16.7 Å². The Morgan fingerprint density at radius 2 is 2.10 bits per heavy atom. The Labute approximate surface area is 126 Å². The second-order valence-electron chi connectivity index (χ2n) is 4.78. The van der Waals surface area contributed by atoms with Crippen LogP contribution in [0.3, 0.4) is 0 Å². The summed E-state index contributed by atoms with van der Waals surface area (Å²) >= 11 is 5.99. The minimum Gasteiger partial charge on any atom is -0.494 e. The van der Waals surface area contributed by atoms with E-state index in [4.69, 9.17) is 16.3 Å². The van der Waals surface area contributed by atoms with Crippen molar-refractivity contribution in [2.24, 2.45) is 0 Å². The van der Waals surface area contributed by atoms with Crippen LogP contribution in [0.15, 0.2) is 36.4 Å². The molecule has 0 saturated carbocycles. The second-order valence-corrected chi connectivity index (χ2v) is 5.05. The molecular weight excluding hydrogens is 291 g/mol. The number of rotatable bonds is 3. The monoisotopic (exact) mass is 304 g/mol. The van der Waals surface area contributed by atoms with Gasteiger partial charge in [0.25, 0.3) is 0 Å². The van der Waals surface area contributed by atoms with Gasteiger partial charge in [-0.1, -0.05) is 12.1 Å². The van der Waals surface area contributed by atoms with E-state index in [0.29, 0.717) is 22.8 Å². The minimum atomic E-state index is -0.302. The van der Waals surface area contributed by atoms with E-state index in [2.05, 4.69) is 4.98 Å². The summed E-state index contributed by atoms with van der Waals surface area (Å²) in [5, 5.41) is 0. The Morgan fingerprint density at radius 3 is 2.76 bits per heavy atom. The Bertz CT molecular complexity index is 813. The van der Waals surface area contributed by atoms with Crippen LogP contribution in [0, 0.1) is 12.7 Å². The van der Waals surface area contributed by atoms with Crippen LogP contribution in [0.4, 0.5) is 4.39 Å². The summed E-state index contributed by atoms with van der Waals surface area (Å²) in [7, 11) is 1.58. The van der Waals surface area contributed by atoms with Crippen LogP contribution >= 0.6 is 11.6 Å². The molecule has 0 spiro atoms. The van der Waals surface area contributed by atoms with E-state index in [0.717, 1.165) is 11.1 Å². The molecule has 0 radical (unpaired) electrons. The lowest BCUT2D eigenvalue weighted by molar-refractivity contribution is 0.419. The molecule has 0 bridgehead atoms. The fourth-order valence-corrected chi connectivity index (χ4v) is 2.62. The van der Waals surface area contributed by atoms with Crippen molar-refractivity contribution in [1.29, 1.82) is 0 Å². The van der Waals surface area contributed by atoms with E-state index < -0.39 is 0 Å². The SMILES string of the molecule is COc1cccc2c1nc(CCl)n2-c1ccc(C)cc1F. The minimum absolute atomic E-state index is 0.186. The molecule has 0 amide bonds. The number of nitrogens with zero attached hydrogens (tertiary/aromatic N) is 2. The summed E-state index contributed by atoms with van der Waals surface area (Å²) in [5.74, 6) is 1.11. The van der Waals surface area contributed by atoms with Gasteiger partial charge in [-0.2, -0.15) is 0 Å². The molecule has 3 nitrogen and oxygen atoms in total. The van der Waals surface area contributed by atoms with Crippen LogP contribution in [-0.2, 0) is 5.88 Å². The quantitative estimate of drug-likeness (QED) is 0.677. The number of hydrogen-bond acceptors (Lipinski definition) is 2. The number of aromatic nitrogens is 2. The van der Waals surface area contributed by atoms with Gasteiger partial charge in [0.2, 0.25) is 0 Å². The molecule has 0 aliphatic heterocycles. The first kappa shape index (κ1) is 13.9. The second kappa shape index (κ2) is 5.37. The lowest BCUT2D eigenvalue weighted by Gasteiger charge is -2.10. The van der Waals surface area contributed by atoms with Crippen LogP contribution < -0.4 is 4.74 Å². The highest BCUT2D eigenvalue weighted by Gasteiger charge is 2.17. The van der Waals surface area contributed by atoms with Crippen molar-refractivity contribution in [3.63, 3.8) is 0 Å². The number of halogens is 2. The third-order valence-electron chi connectivity index (χ3n) is 3.40. The number of ether oxygens (including phenoxy) is 1. The van der Waals surface area contributed by atoms with Gasteiger partial charge >= 0.3 is 0 Å². The van der Waals surface area contributed by atoms with Gasteiger partial charge in [0.05, 0.1) is 24.2 Å². The third kappa shape index (κ3) is 2.25. The summed E-state index contributed by atoms with van der Waals surface area (Å²) in [4.78, 5) is 4.48. The first-order chi connectivity index (χ1) is 10.2. The van der Waals surface area contributed by atoms with Crippen LogP contribution in [0.2, 0.25) is 0 Å². The number of alkyl halides is 1. The van der Waals surface area contributed by atoms with Crippen molar-refractivity contribution < 1.29 is 9.13 Å². The molecule has 0 aliphatic rings. The zero-order valence-electron chi connectivity index (χ0n) is 11.7. The van der Waals surface area contributed by atoms with Gasteiger partial charge in [-0.05, 0) is 36.8 Å². The summed E-state index contributed by atoms with van der Waals surface area (Å²) in [6.45, 7) is 1.85. The van der Waals surface area contributed by atoms with Crippen molar-refractivity contribution in [1.82, 2.24) is 9.55 Å². The van der Waals surface area contributed by atoms with Crippen molar-refractivity contribution >= 4 is 22.6 Å². The van der Waals surface area contributed by atoms with Gasteiger partial charge in [0.15, 0.2) is 0 Å². The van der Waals surface area contributed by atoms with Gasteiger partial charge in [0, 0.05) is 0 Å². The number of fused-ring (bicyclic) bond motifs is 1.